The van der Waals surface area contributed by atoms with Crippen molar-refractivity contribution in [3.8, 4) is 5.69 Å². The molecule has 2 unspecified atom stereocenters. The highest BCUT2D eigenvalue weighted by molar-refractivity contribution is 6.00. The van der Waals surface area contributed by atoms with Crippen molar-refractivity contribution in [1.29, 1.82) is 0 Å². The van der Waals surface area contributed by atoms with Crippen molar-refractivity contribution < 1.29 is 13.9 Å². The number of fused-ring (bicyclic) bond motifs is 2. The molecule has 1 aliphatic heterocycles. The molecule has 3 N–H and O–H groups in total. The maximum absolute atomic E-state index is 14.1. The van der Waals surface area contributed by atoms with Gasteiger partial charge in [0.25, 0.3) is 11.5 Å². The summed E-state index contributed by atoms with van der Waals surface area (Å²) in [6.07, 6.45) is 9.15. The Morgan fingerprint density at radius 3 is 2.82 bits per heavy atom. The molecule has 0 radical (unpaired) electrons. The zero-order valence-corrected chi connectivity index (χ0v) is 21.3. The van der Waals surface area contributed by atoms with E-state index in [-0.39, 0.29) is 22.7 Å². The van der Waals surface area contributed by atoms with Gasteiger partial charge in [-0.05, 0) is 37.3 Å². The third-order valence-electron chi connectivity index (χ3n) is 7.95. The summed E-state index contributed by atoms with van der Waals surface area (Å²) in [5, 5.41) is 17.6. The highest BCUT2D eigenvalue weighted by Crippen LogP contribution is 2.69. The van der Waals surface area contributed by atoms with E-state index in [0.717, 1.165) is 32.6 Å². The minimum absolute atomic E-state index is 0.0736. The fraction of sp³-hybridized carbons (Fsp3) is 0.423. The Hall–Kier alpha value is -4.26. The van der Waals surface area contributed by atoms with Crippen molar-refractivity contribution in [3.63, 3.8) is 0 Å². The molecule has 3 atom stereocenters. The van der Waals surface area contributed by atoms with Crippen LogP contribution in [0.25, 0.3) is 11.3 Å². The molecule has 202 valence electrons. The smallest absolute Gasteiger partial charge is 0.278 e. The van der Waals surface area contributed by atoms with Gasteiger partial charge in [-0.1, -0.05) is 0 Å². The maximum atomic E-state index is 14.1. The molecule has 4 aromatic heterocycles. The van der Waals surface area contributed by atoms with E-state index in [0.29, 0.717) is 35.3 Å². The minimum atomic E-state index is -1.23. The molecule has 0 spiro atoms. The molecule has 3 aliphatic rings. The van der Waals surface area contributed by atoms with Crippen molar-refractivity contribution in [1.82, 2.24) is 34.3 Å². The molecule has 12 nitrogen and oxygen atoms in total. The van der Waals surface area contributed by atoms with Crippen LogP contribution in [0.15, 0.2) is 47.8 Å². The second-order valence-corrected chi connectivity index (χ2v) is 10.5. The third-order valence-corrected chi connectivity index (χ3v) is 7.95. The number of pyridine rings is 1. The van der Waals surface area contributed by atoms with E-state index in [2.05, 4.69) is 31.1 Å². The molecular weight excluding hydrogens is 505 g/mol. The summed E-state index contributed by atoms with van der Waals surface area (Å²) in [5.74, 6) is 0.912. The Morgan fingerprint density at radius 1 is 1.26 bits per heavy atom. The number of amides is 1. The first-order valence-corrected chi connectivity index (χ1v) is 13.1. The molecule has 1 amide bonds. The predicted octanol–water partition coefficient (Wildman–Crippen LogP) is 2.13. The van der Waals surface area contributed by atoms with Crippen LogP contribution < -0.4 is 21.5 Å². The number of rotatable bonds is 8. The number of anilines is 3. The van der Waals surface area contributed by atoms with Gasteiger partial charge in [0.05, 0.1) is 24.1 Å². The van der Waals surface area contributed by atoms with Crippen LogP contribution in [0.4, 0.5) is 21.7 Å². The summed E-state index contributed by atoms with van der Waals surface area (Å²) in [4.78, 5) is 30.8. The zero-order valence-electron chi connectivity index (χ0n) is 21.3. The van der Waals surface area contributed by atoms with E-state index in [9.17, 15) is 14.0 Å². The fourth-order valence-electron chi connectivity index (χ4n) is 5.35. The second-order valence-electron chi connectivity index (χ2n) is 10.5. The van der Waals surface area contributed by atoms with Gasteiger partial charge in [-0.2, -0.15) is 14.7 Å². The van der Waals surface area contributed by atoms with Gasteiger partial charge in [-0.3, -0.25) is 18.8 Å². The Labute approximate surface area is 222 Å². The molecule has 7 rings (SSSR count). The summed E-state index contributed by atoms with van der Waals surface area (Å²) in [6, 6.07) is 4.69. The lowest BCUT2D eigenvalue weighted by atomic mass is 10.0. The van der Waals surface area contributed by atoms with Gasteiger partial charge in [0.2, 0.25) is 0 Å². The first kappa shape index (κ1) is 23.8. The summed E-state index contributed by atoms with van der Waals surface area (Å²) in [7, 11) is 1.72. The van der Waals surface area contributed by atoms with Crippen LogP contribution in [0, 0.1) is 11.8 Å². The normalized spacial score (nSPS) is 23.8. The Balaban J connectivity index is 1.14. The second kappa shape index (κ2) is 8.90. The lowest BCUT2D eigenvalue weighted by Gasteiger charge is -2.21. The van der Waals surface area contributed by atoms with Crippen molar-refractivity contribution in [2.45, 2.75) is 37.5 Å². The highest BCUT2D eigenvalue weighted by Gasteiger charge is 2.81. The summed E-state index contributed by atoms with van der Waals surface area (Å²) >= 11 is 0. The summed E-state index contributed by atoms with van der Waals surface area (Å²) in [6.45, 7) is 2.32. The average molecular weight is 534 g/mol. The van der Waals surface area contributed by atoms with Crippen molar-refractivity contribution in [2.75, 3.05) is 30.9 Å². The summed E-state index contributed by atoms with van der Waals surface area (Å²) in [5.41, 5.74) is -0.0283. The van der Waals surface area contributed by atoms with Crippen LogP contribution in [0.5, 0.6) is 0 Å². The van der Waals surface area contributed by atoms with E-state index in [1.807, 2.05) is 10.9 Å². The molecule has 2 aliphatic carbocycles. The number of nitrogens with zero attached hydrogens (tertiary/aromatic N) is 6. The van der Waals surface area contributed by atoms with E-state index < -0.39 is 17.6 Å². The van der Waals surface area contributed by atoms with Crippen LogP contribution in [-0.2, 0) is 11.3 Å². The van der Waals surface area contributed by atoms with Crippen LogP contribution in [0.2, 0.25) is 0 Å². The number of alkyl halides is 1. The number of aromatic nitrogens is 6. The molecule has 5 heterocycles. The molecule has 1 saturated heterocycles. The summed E-state index contributed by atoms with van der Waals surface area (Å²) < 4.78 is 24.4. The van der Waals surface area contributed by atoms with Crippen LogP contribution in [-0.4, -0.2) is 66.8 Å². The number of ether oxygens (including phenoxy) is 1. The topological polar surface area (TPSA) is 132 Å². The largest absolute Gasteiger partial charge is 0.381 e. The van der Waals surface area contributed by atoms with E-state index >= 15 is 0 Å². The number of carbonyl (C=O) groups is 1. The first-order chi connectivity index (χ1) is 18.9. The average Bonchev–Trinajstić information content (AvgIpc) is 3.52. The van der Waals surface area contributed by atoms with Gasteiger partial charge in [-0.15, -0.1) is 0 Å². The van der Waals surface area contributed by atoms with Gasteiger partial charge >= 0.3 is 0 Å². The van der Waals surface area contributed by atoms with E-state index in [1.54, 1.807) is 37.6 Å². The van der Waals surface area contributed by atoms with Gasteiger partial charge in [0.1, 0.15) is 28.6 Å². The first-order valence-electron chi connectivity index (χ1n) is 13.1. The number of hydrogen-bond donors (Lipinski definition) is 3. The minimum Gasteiger partial charge on any atom is -0.381 e. The molecule has 4 aromatic rings. The number of hydrogen-bond acceptors (Lipinski definition) is 8. The molecule has 39 heavy (non-hydrogen) atoms. The van der Waals surface area contributed by atoms with Crippen molar-refractivity contribution in [3.05, 3.63) is 58.9 Å². The molecule has 0 aromatic carbocycles. The fourth-order valence-corrected chi connectivity index (χ4v) is 5.35. The molecule has 13 heteroatoms. The van der Waals surface area contributed by atoms with Crippen molar-refractivity contribution >= 4 is 28.9 Å². The van der Waals surface area contributed by atoms with E-state index in [1.165, 1.54) is 15.3 Å². The maximum Gasteiger partial charge on any atom is 0.278 e. The number of halogens is 1. The number of nitrogens with one attached hydrogen (secondary N) is 3. The molecule has 2 saturated carbocycles. The van der Waals surface area contributed by atoms with Gasteiger partial charge in [0.15, 0.2) is 5.65 Å². The number of carbonyl (C=O) groups excluding carboxylic acids is 1. The van der Waals surface area contributed by atoms with Gasteiger partial charge in [-0.25, -0.2) is 9.37 Å². The monoisotopic (exact) mass is 533 g/mol. The Morgan fingerprint density at radius 2 is 2.08 bits per heavy atom. The predicted molar refractivity (Wildman–Crippen MR) is 140 cm³/mol. The Kier molecular flexibility index (Phi) is 5.44. The van der Waals surface area contributed by atoms with Crippen LogP contribution >= 0.6 is 0 Å². The third kappa shape index (κ3) is 4.13. The lowest BCUT2D eigenvalue weighted by Crippen LogP contribution is -2.32. The van der Waals surface area contributed by atoms with Crippen LogP contribution in [0.3, 0.4) is 0 Å². The van der Waals surface area contributed by atoms with Crippen LogP contribution in [0.1, 0.15) is 29.6 Å². The quantitative estimate of drug-likeness (QED) is 0.314. The highest BCUT2D eigenvalue weighted by atomic mass is 19.1. The Bertz CT molecular complexity index is 1640. The van der Waals surface area contributed by atoms with E-state index in [4.69, 9.17) is 4.74 Å². The molecule has 3 fully saturated rings. The lowest BCUT2D eigenvalue weighted by molar-refractivity contribution is 0.0601. The van der Waals surface area contributed by atoms with Gasteiger partial charge in [0, 0.05) is 51.2 Å². The van der Waals surface area contributed by atoms with Crippen molar-refractivity contribution in [2.24, 2.45) is 11.8 Å². The molecule has 0 bridgehead atoms. The zero-order chi connectivity index (χ0) is 26.7. The molecular formula is C26H28FN9O3. The standard InChI is InChI=1S/C26H28FN9O3/c1-28-21-9-20(32-23-17(12-30-36(21)23)24(37)33-22-18-10-26(18,22)27)31-19-3-2-6-35(25(19)38)16-11-29-34(14-16)13-15-4-7-39-8-5-15/h2-3,6,9,11-12,14-15,18,22,28H,4-5,7-8,10,13H2,1H3,(H,31,32)(H,33,37)/t18?,22-,26?/m0/s1. The SMILES string of the molecule is CNc1cc(Nc2cccn(-c3cnn(CC4CCOCC4)c3)c2=O)nc2c(C(=O)N[C@H]3C4CC43F)cnn12. The van der Waals surface area contributed by atoms with Gasteiger partial charge < -0.3 is 20.7 Å².